The van der Waals surface area contributed by atoms with E-state index < -0.39 is 0 Å². The first-order valence-corrected chi connectivity index (χ1v) is 5.99. The van der Waals surface area contributed by atoms with Gasteiger partial charge >= 0.3 is 0 Å². The van der Waals surface area contributed by atoms with Crippen molar-refractivity contribution in [1.82, 2.24) is 0 Å². The second-order valence-electron chi connectivity index (χ2n) is 2.83. The van der Waals surface area contributed by atoms with Crippen molar-refractivity contribution in [2.45, 2.75) is 13.3 Å². The Hall–Kier alpha value is -0.160. The maximum atomic E-state index is 13.3. The fraction of sp³-hybridized carbons (Fsp3) is 0.200. The number of benzene rings is 1. The Kier molecular flexibility index (Phi) is 2.55. The molecule has 2 rings (SSSR count). The molecule has 13 heavy (non-hydrogen) atoms. The lowest BCUT2D eigenvalue weighted by Gasteiger charge is -1.98. The van der Waals surface area contributed by atoms with Gasteiger partial charge in [-0.1, -0.05) is 19.1 Å². The van der Waals surface area contributed by atoms with Gasteiger partial charge in [0.2, 0.25) is 0 Å². The van der Waals surface area contributed by atoms with Crippen LogP contribution >= 0.6 is 33.9 Å². The molecular weight excluding hydrogens is 298 g/mol. The lowest BCUT2D eigenvalue weighted by atomic mass is 10.1. The molecule has 3 heteroatoms. The Balaban J connectivity index is 2.87. The minimum absolute atomic E-state index is 0.0588. The first-order valence-electron chi connectivity index (χ1n) is 4.09. The molecule has 1 aromatic carbocycles. The molecule has 0 nitrogen and oxygen atoms in total. The predicted molar refractivity (Wildman–Crippen MR) is 63.9 cm³/mol. The van der Waals surface area contributed by atoms with Crippen molar-refractivity contribution in [2.24, 2.45) is 0 Å². The summed E-state index contributed by atoms with van der Waals surface area (Å²) in [7, 11) is 0. The van der Waals surface area contributed by atoms with Crippen LogP contribution in [0.15, 0.2) is 18.2 Å². The Morgan fingerprint density at radius 3 is 2.92 bits per heavy atom. The minimum Gasteiger partial charge on any atom is -0.194 e. The molecule has 0 saturated heterocycles. The highest BCUT2D eigenvalue weighted by molar-refractivity contribution is 14.1. The third kappa shape index (κ3) is 1.48. The van der Waals surface area contributed by atoms with Crippen LogP contribution in [0.4, 0.5) is 4.39 Å². The molecule has 0 bridgehead atoms. The van der Waals surface area contributed by atoms with Gasteiger partial charge in [-0.05, 0) is 40.6 Å². The average molecular weight is 306 g/mol. The maximum Gasteiger partial charge on any atom is 0.190 e. The highest BCUT2D eigenvalue weighted by Gasteiger charge is 2.11. The van der Waals surface area contributed by atoms with Gasteiger partial charge in [0.25, 0.3) is 0 Å². The first-order chi connectivity index (χ1) is 6.24. The molecular formula is C10H8FIS. The molecule has 0 fully saturated rings. The Labute approximate surface area is 93.9 Å². The van der Waals surface area contributed by atoms with Crippen molar-refractivity contribution in [2.75, 3.05) is 0 Å². The van der Waals surface area contributed by atoms with Crippen molar-refractivity contribution >= 4 is 44.0 Å². The quantitative estimate of drug-likeness (QED) is 0.692. The van der Waals surface area contributed by atoms with Gasteiger partial charge in [-0.15, -0.1) is 11.3 Å². The zero-order valence-electron chi connectivity index (χ0n) is 7.10. The van der Waals surface area contributed by atoms with Gasteiger partial charge in [0.1, 0.15) is 0 Å². The summed E-state index contributed by atoms with van der Waals surface area (Å²) in [4.78, 5) is 0. The summed E-state index contributed by atoms with van der Waals surface area (Å²) in [6.45, 7) is 2.10. The zero-order chi connectivity index (χ0) is 9.42. The molecule has 0 radical (unpaired) electrons. The van der Waals surface area contributed by atoms with Gasteiger partial charge in [0, 0.05) is 10.1 Å². The standard InChI is InChI=1S/C10H8FIS/c1-2-6-4-3-5-7-8(6)9(12)10(11)13-7/h3-5H,2H2,1H3. The van der Waals surface area contributed by atoms with Crippen molar-refractivity contribution < 1.29 is 4.39 Å². The van der Waals surface area contributed by atoms with Gasteiger partial charge in [0.05, 0.1) is 3.57 Å². The predicted octanol–water partition coefficient (Wildman–Crippen LogP) is 4.21. The monoisotopic (exact) mass is 306 g/mol. The van der Waals surface area contributed by atoms with Crippen LogP contribution in [0.25, 0.3) is 10.1 Å². The summed E-state index contributed by atoms with van der Waals surface area (Å²) in [5.74, 6) is 0. The maximum absolute atomic E-state index is 13.3. The van der Waals surface area contributed by atoms with E-state index in [0.29, 0.717) is 0 Å². The number of rotatable bonds is 1. The van der Waals surface area contributed by atoms with Crippen LogP contribution in [0.5, 0.6) is 0 Å². The van der Waals surface area contributed by atoms with E-state index in [1.807, 2.05) is 12.1 Å². The molecule has 0 spiro atoms. The largest absolute Gasteiger partial charge is 0.194 e. The van der Waals surface area contributed by atoms with Gasteiger partial charge in [0.15, 0.2) is 5.13 Å². The third-order valence-corrected chi connectivity index (χ3v) is 4.41. The van der Waals surface area contributed by atoms with Gasteiger partial charge in [-0.2, -0.15) is 4.39 Å². The number of thiophene rings is 1. The number of aryl methyl sites for hydroxylation is 1. The van der Waals surface area contributed by atoms with E-state index in [4.69, 9.17) is 0 Å². The molecule has 68 valence electrons. The summed E-state index contributed by atoms with van der Waals surface area (Å²) < 4.78 is 15.1. The summed E-state index contributed by atoms with van der Waals surface area (Å²) in [5.41, 5.74) is 1.24. The topological polar surface area (TPSA) is 0 Å². The second kappa shape index (κ2) is 3.53. The zero-order valence-corrected chi connectivity index (χ0v) is 10.1. The minimum atomic E-state index is -0.0588. The highest BCUT2D eigenvalue weighted by atomic mass is 127. The molecule has 1 heterocycles. The van der Waals surface area contributed by atoms with E-state index in [-0.39, 0.29) is 5.13 Å². The van der Waals surface area contributed by atoms with E-state index in [0.717, 1.165) is 20.1 Å². The van der Waals surface area contributed by atoms with Crippen LogP contribution in [0, 0.1) is 8.70 Å². The van der Waals surface area contributed by atoms with E-state index in [1.165, 1.54) is 16.9 Å². The van der Waals surface area contributed by atoms with Crippen molar-refractivity contribution in [1.29, 1.82) is 0 Å². The normalized spacial score (nSPS) is 11.0. The summed E-state index contributed by atoms with van der Waals surface area (Å²) in [5, 5.41) is 1.05. The lowest BCUT2D eigenvalue weighted by molar-refractivity contribution is 0.652. The highest BCUT2D eigenvalue weighted by Crippen LogP contribution is 2.33. The first kappa shape index (κ1) is 9.40. The van der Waals surface area contributed by atoms with Gasteiger partial charge in [-0.3, -0.25) is 0 Å². The number of hydrogen-bond acceptors (Lipinski definition) is 1. The fourth-order valence-electron chi connectivity index (χ4n) is 1.45. The van der Waals surface area contributed by atoms with Crippen LogP contribution in [-0.4, -0.2) is 0 Å². The number of fused-ring (bicyclic) bond motifs is 1. The third-order valence-electron chi connectivity index (χ3n) is 2.09. The Bertz CT molecular complexity index is 447. The number of halogens is 2. The summed E-state index contributed by atoms with van der Waals surface area (Å²) in [6.07, 6.45) is 0.962. The van der Waals surface area contributed by atoms with Crippen molar-refractivity contribution in [3.63, 3.8) is 0 Å². The summed E-state index contributed by atoms with van der Waals surface area (Å²) in [6, 6.07) is 6.04. The Morgan fingerprint density at radius 1 is 1.46 bits per heavy atom. The fourth-order valence-corrected chi connectivity index (χ4v) is 3.46. The molecule has 1 aromatic heterocycles. The molecule has 2 aromatic rings. The molecule has 0 aliphatic carbocycles. The van der Waals surface area contributed by atoms with Gasteiger partial charge in [-0.25, -0.2) is 0 Å². The van der Waals surface area contributed by atoms with E-state index in [9.17, 15) is 4.39 Å². The SMILES string of the molecule is CCc1cccc2sc(F)c(I)c12. The number of hydrogen-bond donors (Lipinski definition) is 0. The van der Waals surface area contributed by atoms with E-state index in [2.05, 4.69) is 35.6 Å². The van der Waals surface area contributed by atoms with Crippen LogP contribution in [0.3, 0.4) is 0 Å². The molecule has 0 aliphatic heterocycles. The van der Waals surface area contributed by atoms with Crippen molar-refractivity contribution in [3.05, 3.63) is 32.5 Å². The molecule has 0 amide bonds. The Morgan fingerprint density at radius 2 is 2.23 bits per heavy atom. The smallest absolute Gasteiger partial charge is 0.190 e. The van der Waals surface area contributed by atoms with Crippen LogP contribution < -0.4 is 0 Å². The second-order valence-corrected chi connectivity index (χ2v) is 4.91. The van der Waals surface area contributed by atoms with Crippen molar-refractivity contribution in [3.8, 4) is 0 Å². The molecule has 0 unspecified atom stereocenters. The molecule has 0 atom stereocenters. The molecule has 0 aliphatic rings. The van der Waals surface area contributed by atoms with Crippen LogP contribution in [0.2, 0.25) is 0 Å². The van der Waals surface area contributed by atoms with Crippen LogP contribution in [-0.2, 0) is 6.42 Å². The molecule has 0 N–H and O–H groups in total. The van der Waals surface area contributed by atoms with Crippen LogP contribution in [0.1, 0.15) is 12.5 Å². The summed E-state index contributed by atoms with van der Waals surface area (Å²) >= 11 is 3.32. The van der Waals surface area contributed by atoms with Gasteiger partial charge < -0.3 is 0 Å². The average Bonchev–Trinajstić information content (AvgIpc) is 2.43. The lowest BCUT2D eigenvalue weighted by Crippen LogP contribution is -1.81. The molecule has 0 saturated carbocycles. The van der Waals surface area contributed by atoms with E-state index in [1.54, 1.807) is 0 Å². The van der Waals surface area contributed by atoms with E-state index >= 15 is 0 Å².